The van der Waals surface area contributed by atoms with Crippen molar-refractivity contribution in [2.24, 2.45) is 0 Å². The Balaban J connectivity index is 3.60. The Morgan fingerprint density at radius 1 is 1.56 bits per heavy atom. The van der Waals surface area contributed by atoms with Crippen molar-refractivity contribution < 1.29 is 9.53 Å². The number of carbonyl (C=O) groups excluding carboxylic acids is 1. The van der Waals surface area contributed by atoms with Crippen molar-refractivity contribution in [2.45, 2.75) is 26.4 Å². The van der Waals surface area contributed by atoms with E-state index in [4.69, 9.17) is 4.74 Å². The van der Waals surface area contributed by atoms with Crippen LogP contribution in [0.1, 0.15) is 20.8 Å². The Bertz CT molecular complexity index is 104. The molecule has 0 rings (SSSR count). The number of ether oxygens (including phenoxy) is 1. The van der Waals surface area contributed by atoms with Crippen molar-refractivity contribution in [3.63, 3.8) is 0 Å². The average molecular weight is 130 g/mol. The van der Waals surface area contributed by atoms with E-state index in [2.05, 4.69) is 12.4 Å². The summed E-state index contributed by atoms with van der Waals surface area (Å²) in [5.41, 5.74) is -0.429. The summed E-state index contributed by atoms with van der Waals surface area (Å²) in [6, 6.07) is 0. The molecular formula is C6H12NO2. The second-order valence-electron chi connectivity index (χ2n) is 2.68. The molecule has 0 saturated carbocycles. The van der Waals surface area contributed by atoms with E-state index >= 15 is 0 Å². The van der Waals surface area contributed by atoms with E-state index in [1.54, 1.807) is 20.8 Å². The van der Waals surface area contributed by atoms with Crippen LogP contribution in [0.3, 0.4) is 0 Å². The molecule has 0 aliphatic heterocycles. The van der Waals surface area contributed by atoms with Crippen LogP contribution < -0.4 is 5.32 Å². The number of carbonyl (C=O) groups is 1. The van der Waals surface area contributed by atoms with Crippen molar-refractivity contribution in [3.8, 4) is 0 Å². The number of rotatable bonds is 0. The van der Waals surface area contributed by atoms with Crippen LogP contribution in [0.5, 0.6) is 0 Å². The largest absolute Gasteiger partial charge is 0.444 e. The summed E-state index contributed by atoms with van der Waals surface area (Å²) < 4.78 is 4.77. The van der Waals surface area contributed by atoms with Crippen molar-refractivity contribution in [3.05, 3.63) is 7.05 Å². The third-order valence-electron chi connectivity index (χ3n) is 0.543. The van der Waals surface area contributed by atoms with E-state index in [-0.39, 0.29) is 0 Å². The monoisotopic (exact) mass is 130 g/mol. The van der Waals surface area contributed by atoms with Gasteiger partial charge in [-0.2, -0.15) is 0 Å². The first-order chi connectivity index (χ1) is 3.95. The van der Waals surface area contributed by atoms with Crippen molar-refractivity contribution in [2.75, 3.05) is 0 Å². The molecule has 1 radical (unpaired) electrons. The molecule has 53 valence electrons. The van der Waals surface area contributed by atoms with E-state index in [1.165, 1.54) is 0 Å². The summed E-state index contributed by atoms with van der Waals surface area (Å²) in [6.07, 6.45) is -0.498. The predicted molar refractivity (Wildman–Crippen MR) is 34.7 cm³/mol. The van der Waals surface area contributed by atoms with Gasteiger partial charge in [-0.15, -0.1) is 0 Å². The van der Waals surface area contributed by atoms with Crippen molar-refractivity contribution >= 4 is 6.09 Å². The smallest absolute Gasteiger partial charge is 0.407 e. The fourth-order valence-corrected chi connectivity index (χ4v) is 0.314. The van der Waals surface area contributed by atoms with Gasteiger partial charge in [0.2, 0.25) is 0 Å². The molecule has 0 aromatic rings. The summed E-state index contributed by atoms with van der Waals surface area (Å²) in [5, 5.41) is 2.11. The Morgan fingerprint density at radius 2 is 2.00 bits per heavy atom. The molecule has 0 spiro atoms. The summed E-state index contributed by atoms with van der Waals surface area (Å²) >= 11 is 0. The minimum Gasteiger partial charge on any atom is -0.444 e. The Kier molecular flexibility index (Phi) is 2.49. The zero-order valence-corrected chi connectivity index (χ0v) is 6.02. The minimum absolute atomic E-state index is 0.429. The first-order valence-corrected chi connectivity index (χ1v) is 2.72. The van der Waals surface area contributed by atoms with E-state index in [0.717, 1.165) is 0 Å². The van der Waals surface area contributed by atoms with Gasteiger partial charge in [0.15, 0.2) is 0 Å². The maximum atomic E-state index is 10.4. The average Bonchev–Trinajstić information content (AvgIpc) is 1.62. The van der Waals surface area contributed by atoms with Gasteiger partial charge in [0.25, 0.3) is 0 Å². The molecule has 9 heavy (non-hydrogen) atoms. The van der Waals surface area contributed by atoms with Crippen LogP contribution in [0.25, 0.3) is 0 Å². The van der Waals surface area contributed by atoms with Gasteiger partial charge in [-0.3, -0.25) is 0 Å². The molecule has 0 aromatic carbocycles. The van der Waals surface area contributed by atoms with Crippen LogP contribution in [-0.2, 0) is 4.74 Å². The SMILES string of the molecule is [CH2]NC(=O)OC(C)(C)C. The first kappa shape index (κ1) is 8.27. The molecule has 3 heteroatoms. The third kappa shape index (κ3) is 5.14. The second kappa shape index (κ2) is 2.71. The minimum atomic E-state index is -0.498. The lowest BCUT2D eigenvalue weighted by Gasteiger charge is -2.18. The van der Waals surface area contributed by atoms with E-state index < -0.39 is 11.7 Å². The second-order valence-corrected chi connectivity index (χ2v) is 2.68. The molecule has 1 amide bonds. The predicted octanol–water partition coefficient (Wildman–Crippen LogP) is 1.30. The molecule has 0 fully saturated rings. The standard InChI is InChI=1S/C6H12NO2/c1-6(2,3)9-5(8)7-4/h4H2,1-3H3,(H,7,8). The third-order valence-corrected chi connectivity index (χ3v) is 0.543. The first-order valence-electron chi connectivity index (χ1n) is 2.72. The molecule has 0 bridgehead atoms. The number of alkyl carbamates (subject to hydrolysis) is 1. The highest BCUT2D eigenvalue weighted by Gasteiger charge is 2.13. The van der Waals surface area contributed by atoms with Gasteiger partial charge in [-0.1, -0.05) is 0 Å². The van der Waals surface area contributed by atoms with E-state index in [9.17, 15) is 4.79 Å². The van der Waals surface area contributed by atoms with Crippen LogP contribution >= 0.6 is 0 Å². The Hall–Kier alpha value is -0.730. The molecule has 0 aromatic heterocycles. The fourth-order valence-electron chi connectivity index (χ4n) is 0.314. The van der Waals surface area contributed by atoms with Gasteiger partial charge < -0.3 is 10.1 Å². The van der Waals surface area contributed by atoms with Gasteiger partial charge in [-0.25, -0.2) is 4.79 Å². The molecule has 0 atom stereocenters. The number of hydrogen-bond donors (Lipinski definition) is 1. The quantitative estimate of drug-likeness (QED) is 0.536. The molecular weight excluding hydrogens is 118 g/mol. The summed E-state index contributed by atoms with van der Waals surface area (Å²) in [6.45, 7) is 5.38. The van der Waals surface area contributed by atoms with Crippen LogP contribution in [0.2, 0.25) is 0 Å². The summed E-state index contributed by atoms with van der Waals surface area (Å²) in [5.74, 6) is 0. The maximum absolute atomic E-state index is 10.4. The summed E-state index contributed by atoms with van der Waals surface area (Å²) in [7, 11) is 3.15. The van der Waals surface area contributed by atoms with Gasteiger partial charge >= 0.3 is 6.09 Å². The highest BCUT2D eigenvalue weighted by molar-refractivity contribution is 5.67. The highest BCUT2D eigenvalue weighted by Crippen LogP contribution is 2.05. The molecule has 3 nitrogen and oxygen atoms in total. The molecule has 0 aliphatic rings. The topological polar surface area (TPSA) is 38.3 Å². The summed E-state index contributed by atoms with van der Waals surface area (Å²) in [4.78, 5) is 10.4. The lowest BCUT2D eigenvalue weighted by Crippen LogP contribution is -2.29. The van der Waals surface area contributed by atoms with Gasteiger partial charge in [0.1, 0.15) is 5.60 Å². The van der Waals surface area contributed by atoms with Crippen LogP contribution in [0.15, 0.2) is 0 Å². The number of hydrogen-bond acceptors (Lipinski definition) is 2. The molecule has 1 N–H and O–H groups in total. The zero-order chi connectivity index (χ0) is 7.49. The number of nitrogens with one attached hydrogen (secondary N) is 1. The Labute approximate surface area is 55.4 Å². The highest BCUT2D eigenvalue weighted by atomic mass is 16.6. The molecule has 0 heterocycles. The molecule has 0 aliphatic carbocycles. The number of amides is 1. The fraction of sp³-hybridized carbons (Fsp3) is 0.667. The zero-order valence-electron chi connectivity index (χ0n) is 6.02. The van der Waals surface area contributed by atoms with Crippen molar-refractivity contribution in [1.82, 2.24) is 5.32 Å². The van der Waals surface area contributed by atoms with E-state index in [1.807, 2.05) is 0 Å². The molecule has 0 saturated heterocycles. The van der Waals surface area contributed by atoms with Crippen LogP contribution in [0.4, 0.5) is 4.79 Å². The van der Waals surface area contributed by atoms with Gasteiger partial charge in [0, 0.05) is 7.05 Å². The maximum Gasteiger partial charge on any atom is 0.407 e. The lowest BCUT2D eigenvalue weighted by molar-refractivity contribution is 0.0550. The van der Waals surface area contributed by atoms with Crippen LogP contribution in [0, 0.1) is 7.05 Å². The molecule has 0 unspecified atom stereocenters. The normalized spacial score (nSPS) is 10.7. The van der Waals surface area contributed by atoms with E-state index in [0.29, 0.717) is 0 Å². The lowest BCUT2D eigenvalue weighted by atomic mass is 10.2. The van der Waals surface area contributed by atoms with Gasteiger partial charge in [-0.05, 0) is 20.8 Å². The van der Waals surface area contributed by atoms with Crippen LogP contribution in [-0.4, -0.2) is 11.7 Å². The van der Waals surface area contributed by atoms with Gasteiger partial charge in [0.05, 0.1) is 0 Å². The van der Waals surface area contributed by atoms with Crippen molar-refractivity contribution in [1.29, 1.82) is 0 Å². The Morgan fingerprint density at radius 3 is 2.11 bits per heavy atom.